The first-order chi connectivity index (χ1) is 8.92. The normalized spacial score (nSPS) is 11.3. The highest BCUT2D eigenvalue weighted by atomic mass is 16.5. The van der Waals surface area contributed by atoms with Crippen LogP contribution in [0.15, 0.2) is 16.5 Å². The largest absolute Gasteiger partial charge is 0.460 e. The van der Waals surface area contributed by atoms with Gasteiger partial charge in [-0.05, 0) is 45.7 Å². The Kier molecular flexibility index (Phi) is 5.76. The van der Waals surface area contributed by atoms with Crippen LogP contribution < -0.4 is 0 Å². The molecule has 1 aromatic rings. The number of ether oxygens (including phenoxy) is 2. The molecule has 19 heavy (non-hydrogen) atoms. The molecule has 5 nitrogen and oxygen atoms in total. The lowest BCUT2D eigenvalue weighted by atomic mass is 10.2. The summed E-state index contributed by atoms with van der Waals surface area (Å²) < 4.78 is 15.5. The van der Waals surface area contributed by atoms with Crippen molar-refractivity contribution in [3.8, 4) is 0 Å². The molecule has 1 aromatic heterocycles. The number of rotatable bonds is 7. The molecule has 0 fully saturated rings. The van der Waals surface area contributed by atoms with Crippen molar-refractivity contribution in [3.63, 3.8) is 0 Å². The van der Waals surface area contributed by atoms with E-state index in [2.05, 4.69) is 0 Å². The van der Waals surface area contributed by atoms with E-state index in [0.717, 1.165) is 12.8 Å². The van der Waals surface area contributed by atoms with E-state index in [-0.39, 0.29) is 17.1 Å². The van der Waals surface area contributed by atoms with Gasteiger partial charge in [0.05, 0.1) is 12.2 Å². The first-order valence-corrected chi connectivity index (χ1v) is 6.28. The van der Waals surface area contributed by atoms with Crippen LogP contribution in [0.2, 0.25) is 0 Å². The molecule has 0 aliphatic carbocycles. The fourth-order valence-corrected chi connectivity index (χ4v) is 1.34. The zero-order valence-corrected chi connectivity index (χ0v) is 11.6. The van der Waals surface area contributed by atoms with E-state index in [1.807, 2.05) is 20.8 Å². The third-order valence-corrected chi connectivity index (χ3v) is 2.25. The molecular weight excluding hydrogens is 248 g/mol. The number of carbonyl (C=O) groups is 2. The van der Waals surface area contributed by atoms with Crippen LogP contribution in [0.1, 0.15) is 54.7 Å². The van der Waals surface area contributed by atoms with Gasteiger partial charge in [-0.2, -0.15) is 0 Å². The molecule has 0 amide bonds. The number of aldehydes is 1. The lowest BCUT2D eigenvalue weighted by molar-refractivity contribution is -0.00704. The Hall–Kier alpha value is -1.62. The van der Waals surface area contributed by atoms with Crippen LogP contribution in [-0.2, 0) is 9.47 Å². The molecule has 0 spiro atoms. The van der Waals surface area contributed by atoms with E-state index in [0.29, 0.717) is 19.5 Å². The third kappa shape index (κ3) is 6.20. The van der Waals surface area contributed by atoms with Crippen molar-refractivity contribution in [3.05, 3.63) is 23.7 Å². The molecule has 0 aromatic carbocycles. The van der Waals surface area contributed by atoms with Gasteiger partial charge in [0.2, 0.25) is 5.76 Å². The first kappa shape index (κ1) is 15.4. The van der Waals surface area contributed by atoms with E-state index in [9.17, 15) is 9.59 Å². The Labute approximate surface area is 112 Å². The quantitative estimate of drug-likeness (QED) is 0.432. The number of unbranched alkanes of at least 4 members (excludes halogenated alkanes) is 1. The lowest BCUT2D eigenvalue weighted by Crippen LogP contribution is -2.19. The minimum Gasteiger partial charge on any atom is -0.460 e. The van der Waals surface area contributed by atoms with Crippen molar-refractivity contribution in [2.45, 2.75) is 39.2 Å². The molecule has 0 bridgehead atoms. The first-order valence-electron chi connectivity index (χ1n) is 6.28. The Morgan fingerprint density at radius 2 is 1.95 bits per heavy atom. The second-order valence-electron chi connectivity index (χ2n) is 5.12. The molecule has 0 radical (unpaired) electrons. The van der Waals surface area contributed by atoms with Gasteiger partial charge in [-0.15, -0.1) is 0 Å². The van der Waals surface area contributed by atoms with E-state index >= 15 is 0 Å². The van der Waals surface area contributed by atoms with E-state index in [1.54, 1.807) is 0 Å². The molecule has 0 atom stereocenters. The zero-order valence-electron chi connectivity index (χ0n) is 11.6. The van der Waals surface area contributed by atoms with Crippen LogP contribution in [0, 0.1) is 0 Å². The summed E-state index contributed by atoms with van der Waals surface area (Å²) in [5.41, 5.74) is -0.143. The molecule has 0 saturated carbocycles. The highest BCUT2D eigenvalue weighted by Gasteiger charge is 2.12. The van der Waals surface area contributed by atoms with Crippen LogP contribution in [0.3, 0.4) is 0 Å². The fourth-order valence-electron chi connectivity index (χ4n) is 1.34. The second kappa shape index (κ2) is 7.09. The SMILES string of the molecule is CC(C)(C)OCCCCOC(=O)c1ccc(C=O)o1. The average molecular weight is 268 g/mol. The Bertz CT molecular complexity index is 414. The predicted molar refractivity (Wildman–Crippen MR) is 69.3 cm³/mol. The van der Waals surface area contributed by atoms with Gasteiger partial charge in [0, 0.05) is 6.61 Å². The van der Waals surface area contributed by atoms with Gasteiger partial charge in [-0.3, -0.25) is 4.79 Å². The van der Waals surface area contributed by atoms with Crippen LogP contribution in [-0.4, -0.2) is 31.1 Å². The highest BCUT2D eigenvalue weighted by molar-refractivity contribution is 5.87. The Balaban J connectivity index is 2.15. The van der Waals surface area contributed by atoms with Crippen molar-refractivity contribution < 1.29 is 23.5 Å². The summed E-state index contributed by atoms with van der Waals surface area (Å²) in [5, 5.41) is 0. The number of esters is 1. The number of hydrogen-bond acceptors (Lipinski definition) is 5. The molecule has 0 saturated heterocycles. The summed E-state index contributed by atoms with van der Waals surface area (Å²) >= 11 is 0. The summed E-state index contributed by atoms with van der Waals surface area (Å²) in [7, 11) is 0. The van der Waals surface area contributed by atoms with Gasteiger partial charge in [0.25, 0.3) is 0 Å². The Morgan fingerprint density at radius 1 is 1.26 bits per heavy atom. The monoisotopic (exact) mass is 268 g/mol. The van der Waals surface area contributed by atoms with Crippen molar-refractivity contribution in [2.24, 2.45) is 0 Å². The van der Waals surface area contributed by atoms with Gasteiger partial charge in [0.1, 0.15) is 0 Å². The van der Waals surface area contributed by atoms with Gasteiger partial charge < -0.3 is 13.9 Å². The van der Waals surface area contributed by atoms with Gasteiger partial charge in [-0.25, -0.2) is 4.79 Å². The lowest BCUT2D eigenvalue weighted by Gasteiger charge is -2.19. The summed E-state index contributed by atoms with van der Waals surface area (Å²) in [6.45, 7) is 6.93. The van der Waals surface area contributed by atoms with Crippen LogP contribution in [0.25, 0.3) is 0 Å². The maximum atomic E-state index is 11.5. The molecule has 5 heteroatoms. The smallest absolute Gasteiger partial charge is 0.374 e. The third-order valence-electron chi connectivity index (χ3n) is 2.25. The molecule has 0 N–H and O–H groups in total. The van der Waals surface area contributed by atoms with Crippen LogP contribution in [0.4, 0.5) is 0 Å². The summed E-state index contributed by atoms with van der Waals surface area (Å²) in [6, 6.07) is 2.86. The maximum Gasteiger partial charge on any atom is 0.374 e. The maximum absolute atomic E-state index is 11.5. The summed E-state index contributed by atoms with van der Waals surface area (Å²) in [4.78, 5) is 21.9. The topological polar surface area (TPSA) is 65.7 Å². The average Bonchev–Trinajstić information content (AvgIpc) is 2.80. The van der Waals surface area contributed by atoms with Gasteiger partial charge >= 0.3 is 5.97 Å². The van der Waals surface area contributed by atoms with Crippen molar-refractivity contribution in [1.29, 1.82) is 0 Å². The minimum atomic E-state index is -0.551. The fraction of sp³-hybridized carbons (Fsp3) is 0.571. The molecule has 1 rings (SSSR count). The molecule has 0 aliphatic heterocycles. The zero-order chi connectivity index (χ0) is 14.3. The predicted octanol–water partition coefficient (Wildman–Crippen LogP) is 2.84. The van der Waals surface area contributed by atoms with Crippen molar-refractivity contribution in [1.82, 2.24) is 0 Å². The van der Waals surface area contributed by atoms with Crippen molar-refractivity contribution >= 4 is 12.3 Å². The molecular formula is C14H20O5. The molecule has 1 heterocycles. The van der Waals surface area contributed by atoms with E-state index in [1.165, 1.54) is 12.1 Å². The van der Waals surface area contributed by atoms with Crippen molar-refractivity contribution in [2.75, 3.05) is 13.2 Å². The highest BCUT2D eigenvalue weighted by Crippen LogP contribution is 2.09. The minimum absolute atomic E-state index is 0.0491. The summed E-state index contributed by atoms with van der Waals surface area (Å²) in [6.07, 6.45) is 2.09. The second-order valence-corrected chi connectivity index (χ2v) is 5.12. The summed E-state index contributed by atoms with van der Waals surface area (Å²) in [5.74, 6) is -0.386. The van der Waals surface area contributed by atoms with Crippen LogP contribution in [0.5, 0.6) is 0 Å². The van der Waals surface area contributed by atoms with Crippen LogP contribution >= 0.6 is 0 Å². The van der Waals surface area contributed by atoms with Gasteiger partial charge in [0.15, 0.2) is 12.0 Å². The number of carbonyl (C=O) groups excluding carboxylic acids is 2. The number of hydrogen-bond donors (Lipinski definition) is 0. The van der Waals surface area contributed by atoms with E-state index in [4.69, 9.17) is 13.9 Å². The van der Waals surface area contributed by atoms with E-state index < -0.39 is 5.97 Å². The number of furan rings is 1. The molecule has 0 unspecified atom stereocenters. The van der Waals surface area contributed by atoms with Gasteiger partial charge in [-0.1, -0.05) is 0 Å². The molecule has 106 valence electrons. The molecule has 0 aliphatic rings. The Morgan fingerprint density at radius 3 is 2.53 bits per heavy atom. The standard InChI is InChI=1S/C14H20O5/c1-14(2,3)18-9-5-4-8-17-13(16)12-7-6-11(10-15)19-12/h6-7,10H,4-5,8-9H2,1-3H3.